The number of aromatic nitrogens is 1. The first kappa shape index (κ1) is 9.51. The highest BCUT2D eigenvalue weighted by Crippen LogP contribution is 2.17. The quantitative estimate of drug-likeness (QED) is 0.564. The van der Waals surface area contributed by atoms with E-state index in [1.165, 1.54) is 6.07 Å². The maximum atomic E-state index is 5.69. The fraction of sp³-hybridized carbons (Fsp3) is 0. The molecule has 0 aliphatic heterocycles. The standard InChI is InChI=1S/C6H5Cl2N3S/c7-3-1-4(8)10-5(2-3)11-6(9)12/h1-2H,(H3,9,10,11,12). The zero-order valence-electron chi connectivity index (χ0n) is 5.84. The van der Waals surface area contributed by atoms with Gasteiger partial charge in [-0.1, -0.05) is 23.2 Å². The first-order chi connectivity index (χ1) is 5.58. The van der Waals surface area contributed by atoms with Crippen LogP contribution in [0.15, 0.2) is 12.1 Å². The largest absolute Gasteiger partial charge is 0.376 e. The molecule has 0 bridgehead atoms. The number of pyridine rings is 1. The minimum atomic E-state index is 0.126. The number of hydrogen-bond acceptors (Lipinski definition) is 2. The molecule has 0 spiro atoms. The summed E-state index contributed by atoms with van der Waals surface area (Å²) in [5.41, 5.74) is 5.22. The maximum absolute atomic E-state index is 5.69. The highest BCUT2D eigenvalue weighted by Gasteiger charge is 1.99. The van der Waals surface area contributed by atoms with Crippen molar-refractivity contribution in [2.24, 2.45) is 5.73 Å². The summed E-state index contributed by atoms with van der Waals surface area (Å²) in [6.07, 6.45) is 0. The average molecular weight is 222 g/mol. The van der Waals surface area contributed by atoms with Crippen molar-refractivity contribution in [3.63, 3.8) is 0 Å². The van der Waals surface area contributed by atoms with Crippen molar-refractivity contribution in [2.45, 2.75) is 0 Å². The van der Waals surface area contributed by atoms with Gasteiger partial charge in [0.2, 0.25) is 0 Å². The lowest BCUT2D eigenvalue weighted by atomic mass is 10.4. The Balaban J connectivity index is 2.93. The highest BCUT2D eigenvalue weighted by atomic mass is 35.5. The predicted molar refractivity (Wildman–Crippen MR) is 54.7 cm³/mol. The SMILES string of the molecule is NC(=S)Nc1cc(Cl)cc(Cl)n1. The predicted octanol–water partition coefficient (Wildman–Crippen LogP) is 2.04. The molecule has 0 atom stereocenters. The van der Waals surface area contributed by atoms with E-state index in [0.717, 1.165) is 0 Å². The highest BCUT2D eigenvalue weighted by molar-refractivity contribution is 7.80. The van der Waals surface area contributed by atoms with Gasteiger partial charge in [0, 0.05) is 5.02 Å². The van der Waals surface area contributed by atoms with Gasteiger partial charge in [-0.2, -0.15) is 0 Å². The van der Waals surface area contributed by atoms with Gasteiger partial charge < -0.3 is 11.1 Å². The number of nitrogens with one attached hydrogen (secondary N) is 1. The molecular formula is C6H5Cl2N3S. The van der Waals surface area contributed by atoms with Crippen molar-refractivity contribution >= 4 is 46.4 Å². The van der Waals surface area contributed by atoms with E-state index >= 15 is 0 Å². The molecule has 0 saturated heterocycles. The second-order valence-corrected chi connectivity index (χ2v) is 3.25. The second-order valence-electron chi connectivity index (χ2n) is 1.98. The molecule has 3 nitrogen and oxygen atoms in total. The van der Waals surface area contributed by atoms with Crippen molar-refractivity contribution in [1.29, 1.82) is 0 Å². The van der Waals surface area contributed by atoms with Gasteiger partial charge in [0.15, 0.2) is 5.11 Å². The first-order valence-electron chi connectivity index (χ1n) is 2.97. The number of rotatable bonds is 1. The van der Waals surface area contributed by atoms with Gasteiger partial charge in [0.05, 0.1) is 0 Å². The van der Waals surface area contributed by atoms with E-state index < -0.39 is 0 Å². The molecule has 1 aromatic rings. The van der Waals surface area contributed by atoms with Crippen LogP contribution < -0.4 is 11.1 Å². The number of nitrogens with two attached hydrogens (primary N) is 1. The lowest BCUT2D eigenvalue weighted by molar-refractivity contribution is 1.32. The van der Waals surface area contributed by atoms with Crippen molar-refractivity contribution in [1.82, 2.24) is 4.98 Å². The maximum Gasteiger partial charge on any atom is 0.169 e. The summed E-state index contributed by atoms with van der Waals surface area (Å²) in [6, 6.07) is 3.10. The van der Waals surface area contributed by atoms with E-state index in [1.807, 2.05) is 0 Å². The van der Waals surface area contributed by atoms with Crippen LogP contribution in [0.4, 0.5) is 5.82 Å². The van der Waals surface area contributed by atoms with Crippen LogP contribution in [0.2, 0.25) is 10.2 Å². The summed E-state index contributed by atoms with van der Waals surface area (Å²) >= 11 is 15.9. The van der Waals surface area contributed by atoms with Gasteiger partial charge in [-0.3, -0.25) is 0 Å². The Bertz CT molecular complexity index is 295. The molecule has 1 aromatic heterocycles. The van der Waals surface area contributed by atoms with Crippen molar-refractivity contribution < 1.29 is 0 Å². The smallest absolute Gasteiger partial charge is 0.169 e. The van der Waals surface area contributed by atoms with Crippen LogP contribution in [0.5, 0.6) is 0 Å². The number of hydrogen-bond donors (Lipinski definition) is 2. The van der Waals surface area contributed by atoms with Crippen LogP contribution in [-0.2, 0) is 0 Å². The van der Waals surface area contributed by atoms with E-state index in [2.05, 4.69) is 22.5 Å². The van der Waals surface area contributed by atoms with E-state index in [1.54, 1.807) is 6.07 Å². The minimum Gasteiger partial charge on any atom is -0.376 e. The molecule has 1 rings (SSSR count). The van der Waals surface area contributed by atoms with Crippen LogP contribution in [0, 0.1) is 0 Å². The number of anilines is 1. The van der Waals surface area contributed by atoms with Gasteiger partial charge in [0.1, 0.15) is 11.0 Å². The summed E-state index contributed by atoms with van der Waals surface area (Å²) in [7, 11) is 0. The molecule has 0 amide bonds. The Kier molecular flexibility index (Phi) is 3.08. The normalized spacial score (nSPS) is 9.50. The van der Waals surface area contributed by atoms with Crippen LogP contribution in [0.3, 0.4) is 0 Å². The van der Waals surface area contributed by atoms with Crippen LogP contribution in [-0.4, -0.2) is 10.1 Å². The molecule has 64 valence electrons. The zero-order chi connectivity index (χ0) is 9.14. The molecule has 0 fully saturated rings. The van der Waals surface area contributed by atoms with E-state index in [9.17, 15) is 0 Å². The third-order valence-corrected chi connectivity index (χ3v) is 1.52. The number of thiocarbonyl (C=S) groups is 1. The van der Waals surface area contributed by atoms with Crippen molar-refractivity contribution in [3.8, 4) is 0 Å². The molecule has 1 heterocycles. The molecule has 6 heteroatoms. The van der Waals surface area contributed by atoms with Crippen molar-refractivity contribution in [3.05, 3.63) is 22.3 Å². The lowest BCUT2D eigenvalue weighted by Gasteiger charge is -2.02. The van der Waals surface area contributed by atoms with Gasteiger partial charge in [-0.25, -0.2) is 4.98 Å². The van der Waals surface area contributed by atoms with Crippen LogP contribution >= 0.6 is 35.4 Å². The molecule has 0 aromatic carbocycles. The fourth-order valence-electron chi connectivity index (χ4n) is 0.656. The van der Waals surface area contributed by atoms with Crippen molar-refractivity contribution in [2.75, 3.05) is 5.32 Å². The Morgan fingerprint density at radius 2 is 2.17 bits per heavy atom. The molecule has 3 N–H and O–H groups in total. The van der Waals surface area contributed by atoms with E-state index in [-0.39, 0.29) is 5.11 Å². The summed E-state index contributed by atoms with van der Waals surface area (Å²) in [5, 5.41) is 3.51. The summed E-state index contributed by atoms with van der Waals surface area (Å²) < 4.78 is 0. The lowest BCUT2D eigenvalue weighted by Crippen LogP contribution is -2.19. The Morgan fingerprint density at radius 3 is 2.67 bits per heavy atom. The van der Waals surface area contributed by atoms with Crippen LogP contribution in [0.1, 0.15) is 0 Å². The zero-order valence-corrected chi connectivity index (χ0v) is 8.17. The van der Waals surface area contributed by atoms with E-state index in [0.29, 0.717) is 16.0 Å². The third-order valence-electron chi connectivity index (χ3n) is 1.01. The monoisotopic (exact) mass is 221 g/mol. The molecule has 12 heavy (non-hydrogen) atoms. The summed E-state index contributed by atoms with van der Waals surface area (Å²) in [6.45, 7) is 0. The molecule has 0 aliphatic rings. The Labute approximate surface area is 84.9 Å². The average Bonchev–Trinajstić information content (AvgIpc) is 1.81. The molecule has 0 aliphatic carbocycles. The molecule has 0 radical (unpaired) electrons. The Hall–Kier alpha value is -0.580. The van der Waals surface area contributed by atoms with E-state index in [4.69, 9.17) is 28.9 Å². The minimum absolute atomic E-state index is 0.126. The topological polar surface area (TPSA) is 50.9 Å². The van der Waals surface area contributed by atoms with Gasteiger partial charge in [0.25, 0.3) is 0 Å². The van der Waals surface area contributed by atoms with Gasteiger partial charge >= 0.3 is 0 Å². The molecular weight excluding hydrogens is 217 g/mol. The van der Waals surface area contributed by atoms with Gasteiger partial charge in [-0.05, 0) is 24.4 Å². The number of halogens is 2. The third kappa shape index (κ3) is 2.81. The fourth-order valence-corrected chi connectivity index (χ4v) is 1.23. The molecule has 0 saturated carbocycles. The summed E-state index contributed by atoms with van der Waals surface area (Å²) in [5.74, 6) is 0.444. The van der Waals surface area contributed by atoms with Gasteiger partial charge in [-0.15, -0.1) is 0 Å². The second kappa shape index (κ2) is 3.89. The summed E-state index contributed by atoms with van der Waals surface area (Å²) in [4.78, 5) is 3.88. The molecule has 0 unspecified atom stereocenters. The van der Waals surface area contributed by atoms with Crippen LogP contribution in [0.25, 0.3) is 0 Å². The number of nitrogens with zero attached hydrogens (tertiary/aromatic N) is 1. The first-order valence-corrected chi connectivity index (χ1v) is 4.14. The Morgan fingerprint density at radius 1 is 1.50 bits per heavy atom.